The van der Waals surface area contributed by atoms with E-state index in [9.17, 15) is 9.90 Å². The van der Waals surface area contributed by atoms with Gasteiger partial charge in [-0.3, -0.25) is 4.79 Å². The number of carbonyl (C=O) groups excluding carboxylic acids is 1. The van der Waals surface area contributed by atoms with E-state index in [0.717, 1.165) is 12.8 Å². The molecule has 0 spiro atoms. The summed E-state index contributed by atoms with van der Waals surface area (Å²) in [6.45, 7) is 2.78. The number of hydrogen-bond donors (Lipinski definition) is 2. The summed E-state index contributed by atoms with van der Waals surface area (Å²) in [7, 11) is 0. The fraction of sp³-hybridized carbons (Fsp3) is 0.833. The molecule has 1 unspecified atom stereocenters. The van der Waals surface area contributed by atoms with Crippen molar-refractivity contribution >= 4 is 5.91 Å². The van der Waals surface area contributed by atoms with Crippen molar-refractivity contribution in [2.24, 2.45) is 5.92 Å². The van der Waals surface area contributed by atoms with Crippen molar-refractivity contribution in [3.05, 3.63) is 0 Å². The molecule has 4 atom stereocenters. The lowest BCUT2D eigenvalue weighted by molar-refractivity contribution is -0.133. The highest BCUT2D eigenvalue weighted by Crippen LogP contribution is 2.24. The van der Waals surface area contributed by atoms with Gasteiger partial charge in [-0.2, -0.15) is 5.26 Å². The number of nitrogens with one attached hydrogen (secondary N) is 1. The molecule has 2 aliphatic rings. The van der Waals surface area contributed by atoms with Crippen LogP contribution in [0.5, 0.6) is 0 Å². The maximum absolute atomic E-state index is 12.3. The van der Waals surface area contributed by atoms with Crippen LogP contribution < -0.4 is 5.32 Å². The van der Waals surface area contributed by atoms with Crippen molar-refractivity contribution in [3.8, 4) is 6.07 Å². The molecule has 0 aromatic carbocycles. The van der Waals surface area contributed by atoms with Crippen LogP contribution in [0.15, 0.2) is 0 Å². The summed E-state index contributed by atoms with van der Waals surface area (Å²) in [5.41, 5.74) is 0. The zero-order valence-corrected chi connectivity index (χ0v) is 10.1. The number of carbonyl (C=O) groups is 1. The van der Waals surface area contributed by atoms with E-state index in [4.69, 9.17) is 5.26 Å². The Balaban J connectivity index is 2.00. The lowest BCUT2D eigenvalue weighted by atomic mass is 10.0. The van der Waals surface area contributed by atoms with Crippen LogP contribution in [0.25, 0.3) is 0 Å². The van der Waals surface area contributed by atoms with Gasteiger partial charge in [0.05, 0.1) is 12.1 Å². The highest BCUT2D eigenvalue weighted by Gasteiger charge is 2.39. The first-order chi connectivity index (χ1) is 8.17. The Labute approximate surface area is 101 Å². The van der Waals surface area contributed by atoms with E-state index in [2.05, 4.69) is 11.4 Å². The average molecular weight is 237 g/mol. The van der Waals surface area contributed by atoms with E-state index in [0.29, 0.717) is 13.0 Å². The zero-order chi connectivity index (χ0) is 12.4. The Bertz CT molecular complexity index is 339. The van der Waals surface area contributed by atoms with Gasteiger partial charge in [-0.1, -0.05) is 0 Å². The average Bonchev–Trinajstić information content (AvgIpc) is 2.93. The quantitative estimate of drug-likeness (QED) is 0.701. The topological polar surface area (TPSA) is 76.4 Å². The lowest BCUT2D eigenvalue weighted by Gasteiger charge is -2.23. The van der Waals surface area contributed by atoms with Gasteiger partial charge in [0.25, 0.3) is 0 Å². The molecule has 2 heterocycles. The molecule has 1 amide bonds. The van der Waals surface area contributed by atoms with Crippen molar-refractivity contribution in [3.63, 3.8) is 0 Å². The van der Waals surface area contributed by atoms with E-state index in [-0.39, 0.29) is 36.6 Å². The summed E-state index contributed by atoms with van der Waals surface area (Å²) in [4.78, 5) is 13.9. The monoisotopic (exact) mass is 237 g/mol. The van der Waals surface area contributed by atoms with Crippen LogP contribution in [0.3, 0.4) is 0 Å². The molecule has 2 N–H and O–H groups in total. The van der Waals surface area contributed by atoms with Gasteiger partial charge in [0.2, 0.25) is 5.91 Å². The van der Waals surface area contributed by atoms with Crippen LogP contribution in [-0.2, 0) is 4.79 Å². The van der Waals surface area contributed by atoms with Gasteiger partial charge in [-0.15, -0.1) is 0 Å². The van der Waals surface area contributed by atoms with Crippen LogP contribution in [0.2, 0.25) is 0 Å². The number of hydrogen-bond acceptors (Lipinski definition) is 4. The maximum atomic E-state index is 12.3. The second-order valence-corrected chi connectivity index (χ2v) is 5.01. The van der Waals surface area contributed by atoms with E-state index < -0.39 is 0 Å². The number of aliphatic hydroxyl groups excluding tert-OH is 1. The van der Waals surface area contributed by atoms with Crippen molar-refractivity contribution in [1.82, 2.24) is 10.2 Å². The minimum absolute atomic E-state index is 0.0249. The summed E-state index contributed by atoms with van der Waals surface area (Å²) in [5, 5.41) is 21.4. The van der Waals surface area contributed by atoms with Crippen LogP contribution >= 0.6 is 0 Å². The standard InChI is InChI=1S/C12H19N3O2/c1-8-9(7-16)5-11(14-8)12(17)15-4-2-3-10(15)6-13/h8-11,14,16H,2-5,7H2,1H3/t8?,9-,10+,11+/m1/s1. The van der Waals surface area contributed by atoms with Gasteiger partial charge in [0.15, 0.2) is 0 Å². The third-order valence-electron chi connectivity index (χ3n) is 3.93. The molecule has 5 heteroatoms. The largest absolute Gasteiger partial charge is 0.396 e. The van der Waals surface area contributed by atoms with Crippen LogP contribution in [0, 0.1) is 17.2 Å². The van der Waals surface area contributed by atoms with Crippen molar-refractivity contribution in [1.29, 1.82) is 5.26 Å². The van der Waals surface area contributed by atoms with Gasteiger partial charge in [0.1, 0.15) is 6.04 Å². The molecular formula is C12H19N3O2. The molecule has 2 saturated heterocycles. The fourth-order valence-electron chi connectivity index (χ4n) is 2.80. The fourth-order valence-corrected chi connectivity index (χ4v) is 2.80. The first-order valence-electron chi connectivity index (χ1n) is 6.24. The maximum Gasteiger partial charge on any atom is 0.240 e. The molecule has 17 heavy (non-hydrogen) atoms. The minimum Gasteiger partial charge on any atom is -0.396 e. The predicted molar refractivity (Wildman–Crippen MR) is 61.9 cm³/mol. The number of likely N-dealkylation sites (tertiary alicyclic amines) is 1. The Morgan fingerprint density at radius 2 is 2.41 bits per heavy atom. The summed E-state index contributed by atoms with van der Waals surface area (Å²) >= 11 is 0. The van der Waals surface area contributed by atoms with E-state index >= 15 is 0 Å². The number of amides is 1. The highest BCUT2D eigenvalue weighted by molar-refractivity contribution is 5.83. The van der Waals surface area contributed by atoms with Crippen molar-refractivity contribution in [2.45, 2.75) is 44.3 Å². The second-order valence-electron chi connectivity index (χ2n) is 5.01. The van der Waals surface area contributed by atoms with Gasteiger partial charge in [-0.25, -0.2) is 0 Å². The zero-order valence-electron chi connectivity index (χ0n) is 10.1. The lowest BCUT2D eigenvalue weighted by Crippen LogP contribution is -2.46. The molecule has 5 nitrogen and oxygen atoms in total. The van der Waals surface area contributed by atoms with Crippen molar-refractivity contribution < 1.29 is 9.90 Å². The molecule has 2 fully saturated rings. The molecule has 2 rings (SSSR count). The van der Waals surface area contributed by atoms with Gasteiger partial charge < -0.3 is 15.3 Å². The molecule has 0 aliphatic carbocycles. The summed E-state index contributed by atoms with van der Waals surface area (Å²) in [6, 6.07) is 1.86. The van der Waals surface area contributed by atoms with Crippen LogP contribution in [-0.4, -0.2) is 47.2 Å². The molecule has 2 aliphatic heterocycles. The third kappa shape index (κ3) is 2.28. The molecule has 0 aromatic rings. The van der Waals surface area contributed by atoms with Crippen LogP contribution in [0.4, 0.5) is 0 Å². The predicted octanol–water partition coefficient (Wildman–Crippen LogP) is -0.140. The Morgan fingerprint density at radius 3 is 3.00 bits per heavy atom. The third-order valence-corrected chi connectivity index (χ3v) is 3.93. The number of rotatable bonds is 2. The summed E-state index contributed by atoms with van der Waals surface area (Å²) in [6.07, 6.45) is 2.37. The smallest absolute Gasteiger partial charge is 0.240 e. The number of aliphatic hydroxyl groups is 1. The number of nitriles is 1. The summed E-state index contributed by atoms with van der Waals surface area (Å²) in [5.74, 6) is 0.170. The Hall–Kier alpha value is -1.12. The Kier molecular flexibility index (Phi) is 3.65. The molecule has 0 aromatic heterocycles. The molecule has 0 saturated carbocycles. The normalized spacial score (nSPS) is 37.1. The second kappa shape index (κ2) is 5.03. The van der Waals surface area contributed by atoms with Gasteiger partial charge in [0, 0.05) is 19.2 Å². The van der Waals surface area contributed by atoms with E-state index in [1.54, 1.807) is 4.90 Å². The molecular weight excluding hydrogens is 218 g/mol. The molecule has 94 valence electrons. The minimum atomic E-state index is -0.257. The highest BCUT2D eigenvalue weighted by atomic mass is 16.3. The Morgan fingerprint density at radius 1 is 1.65 bits per heavy atom. The SMILES string of the molecule is CC1N[C@H](C(=O)N2CCC[C@H]2C#N)C[C@@H]1CO. The first-order valence-corrected chi connectivity index (χ1v) is 6.24. The van der Waals surface area contributed by atoms with Crippen LogP contribution in [0.1, 0.15) is 26.2 Å². The van der Waals surface area contributed by atoms with E-state index in [1.165, 1.54) is 0 Å². The number of nitrogens with zero attached hydrogens (tertiary/aromatic N) is 2. The first kappa shape index (κ1) is 12.3. The molecule has 0 bridgehead atoms. The van der Waals surface area contributed by atoms with E-state index in [1.807, 2.05) is 6.92 Å². The van der Waals surface area contributed by atoms with Crippen molar-refractivity contribution in [2.75, 3.05) is 13.2 Å². The van der Waals surface area contributed by atoms with Gasteiger partial charge >= 0.3 is 0 Å². The molecule has 0 radical (unpaired) electrons. The summed E-state index contributed by atoms with van der Waals surface area (Å²) < 4.78 is 0. The van der Waals surface area contributed by atoms with Gasteiger partial charge in [-0.05, 0) is 32.1 Å².